The molecule has 0 amide bonds. The molecule has 3 nitrogen and oxygen atoms in total. The molecule has 0 aliphatic heterocycles. The zero-order valence-electron chi connectivity index (χ0n) is 8.53. The van der Waals surface area contributed by atoms with E-state index in [0.29, 0.717) is 15.1 Å². The highest BCUT2D eigenvalue weighted by Crippen LogP contribution is 2.12. The molecule has 0 atom stereocenters. The second kappa shape index (κ2) is 5.37. The molecule has 1 heterocycles. The second-order valence-electron chi connectivity index (χ2n) is 3.41. The number of benzene rings is 1. The van der Waals surface area contributed by atoms with E-state index in [9.17, 15) is 4.79 Å². The summed E-state index contributed by atoms with van der Waals surface area (Å²) < 4.78 is 1.94. The zero-order chi connectivity index (χ0) is 12.4. The summed E-state index contributed by atoms with van der Waals surface area (Å²) in [6.07, 6.45) is 1.45. The highest BCUT2D eigenvalue weighted by molar-refractivity contribution is 14.1. The van der Waals surface area contributed by atoms with Crippen LogP contribution in [0, 0.1) is 3.57 Å². The van der Waals surface area contributed by atoms with Crippen molar-refractivity contribution >= 4 is 45.8 Å². The van der Waals surface area contributed by atoms with Crippen molar-refractivity contribution in [3.63, 3.8) is 0 Å². The van der Waals surface area contributed by atoms with Crippen molar-refractivity contribution in [1.82, 2.24) is 9.55 Å². The Bertz CT molecular complexity index is 595. The van der Waals surface area contributed by atoms with E-state index in [1.54, 1.807) is 12.1 Å². The molecule has 0 aliphatic rings. The van der Waals surface area contributed by atoms with Crippen LogP contribution in [0.2, 0.25) is 10.2 Å². The third-order valence-corrected chi connectivity index (χ3v) is 4.04. The maximum absolute atomic E-state index is 11.9. The van der Waals surface area contributed by atoms with Crippen molar-refractivity contribution in [3.05, 3.63) is 60.3 Å². The second-order valence-corrected chi connectivity index (χ2v) is 5.28. The summed E-state index contributed by atoms with van der Waals surface area (Å²) in [5.41, 5.74) is 0.844. The van der Waals surface area contributed by atoms with Crippen LogP contribution < -0.4 is 5.56 Å². The van der Waals surface area contributed by atoms with Crippen LogP contribution in [-0.4, -0.2) is 9.55 Å². The van der Waals surface area contributed by atoms with Crippen LogP contribution in [0.5, 0.6) is 0 Å². The maximum atomic E-state index is 11.9. The van der Waals surface area contributed by atoms with E-state index in [-0.39, 0.29) is 10.7 Å². The molecular formula is C11H7Cl2IN2O. The van der Waals surface area contributed by atoms with Crippen LogP contribution in [0.1, 0.15) is 5.56 Å². The van der Waals surface area contributed by atoms with E-state index < -0.39 is 0 Å². The number of nitrogens with zero attached hydrogens (tertiary/aromatic N) is 2. The summed E-state index contributed by atoms with van der Waals surface area (Å²) in [6.45, 7) is 0.455. The van der Waals surface area contributed by atoms with Gasteiger partial charge in [0.1, 0.15) is 8.72 Å². The van der Waals surface area contributed by atoms with Crippen LogP contribution in [0.25, 0.3) is 0 Å². The van der Waals surface area contributed by atoms with Gasteiger partial charge in [-0.3, -0.25) is 9.36 Å². The molecule has 6 heteroatoms. The molecule has 1 aromatic heterocycles. The minimum absolute atomic E-state index is 0.138. The first kappa shape index (κ1) is 12.9. The standard InChI is InChI=1S/C11H7Cl2IN2O/c12-8-3-1-7(2-4-8)5-16-6-15-10(13)9(14)11(16)17/h1-4,6H,5H2. The number of aromatic nitrogens is 2. The SMILES string of the molecule is O=c1c(I)c(Cl)ncn1Cc1ccc(Cl)cc1. The first-order valence-electron chi connectivity index (χ1n) is 4.73. The van der Waals surface area contributed by atoms with Gasteiger partial charge in [0.25, 0.3) is 5.56 Å². The van der Waals surface area contributed by atoms with E-state index in [4.69, 9.17) is 23.2 Å². The molecule has 0 fully saturated rings. The van der Waals surface area contributed by atoms with Crippen LogP contribution >= 0.6 is 45.8 Å². The average Bonchev–Trinajstić information content (AvgIpc) is 2.33. The van der Waals surface area contributed by atoms with Gasteiger partial charge in [0.05, 0.1) is 12.9 Å². The molecule has 1 aromatic carbocycles. The van der Waals surface area contributed by atoms with Crippen molar-refractivity contribution in [1.29, 1.82) is 0 Å². The van der Waals surface area contributed by atoms with Gasteiger partial charge in [-0.25, -0.2) is 4.98 Å². The Labute approximate surface area is 122 Å². The Kier molecular flexibility index (Phi) is 4.06. The third kappa shape index (κ3) is 3.00. The Morgan fingerprint density at radius 1 is 1.24 bits per heavy atom. The minimum atomic E-state index is -0.138. The van der Waals surface area contributed by atoms with E-state index in [0.717, 1.165) is 5.56 Å². The van der Waals surface area contributed by atoms with E-state index >= 15 is 0 Å². The monoisotopic (exact) mass is 380 g/mol. The van der Waals surface area contributed by atoms with Crippen molar-refractivity contribution in [2.75, 3.05) is 0 Å². The fraction of sp³-hybridized carbons (Fsp3) is 0.0909. The van der Waals surface area contributed by atoms with Gasteiger partial charge in [0.15, 0.2) is 0 Å². The molecule has 2 aromatic rings. The van der Waals surface area contributed by atoms with E-state index in [1.807, 2.05) is 34.7 Å². The Hall–Kier alpha value is -0.590. The van der Waals surface area contributed by atoms with Gasteiger partial charge in [-0.05, 0) is 40.3 Å². The molecule has 0 aliphatic carbocycles. The van der Waals surface area contributed by atoms with Gasteiger partial charge in [-0.1, -0.05) is 35.3 Å². The molecule has 0 saturated carbocycles. The average molecular weight is 381 g/mol. The quantitative estimate of drug-likeness (QED) is 0.592. The van der Waals surface area contributed by atoms with Gasteiger partial charge in [0.2, 0.25) is 0 Å². The topological polar surface area (TPSA) is 34.9 Å². The predicted molar refractivity (Wildman–Crippen MR) is 76.8 cm³/mol. The summed E-state index contributed by atoms with van der Waals surface area (Å²) >= 11 is 13.4. The molecular weight excluding hydrogens is 374 g/mol. The lowest BCUT2D eigenvalue weighted by Crippen LogP contribution is -2.23. The van der Waals surface area contributed by atoms with E-state index in [1.165, 1.54) is 10.9 Å². The summed E-state index contributed by atoms with van der Waals surface area (Å²) in [7, 11) is 0. The Balaban J connectivity index is 2.34. The number of halogens is 3. The smallest absolute Gasteiger partial charge is 0.268 e. The van der Waals surface area contributed by atoms with Crippen LogP contribution in [-0.2, 0) is 6.54 Å². The normalized spacial score (nSPS) is 10.5. The van der Waals surface area contributed by atoms with Gasteiger partial charge in [0, 0.05) is 5.02 Å². The lowest BCUT2D eigenvalue weighted by atomic mass is 10.2. The van der Waals surface area contributed by atoms with Gasteiger partial charge < -0.3 is 0 Å². The van der Waals surface area contributed by atoms with Crippen molar-refractivity contribution < 1.29 is 0 Å². The highest BCUT2D eigenvalue weighted by Gasteiger charge is 2.06. The van der Waals surface area contributed by atoms with Gasteiger partial charge >= 0.3 is 0 Å². The van der Waals surface area contributed by atoms with Crippen LogP contribution in [0.15, 0.2) is 35.4 Å². The molecule has 88 valence electrons. The van der Waals surface area contributed by atoms with Crippen molar-refractivity contribution in [3.8, 4) is 0 Å². The third-order valence-electron chi connectivity index (χ3n) is 2.21. The fourth-order valence-electron chi connectivity index (χ4n) is 1.34. The van der Waals surface area contributed by atoms with E-state index in [2.05, 4.69) is 4.98 Å². The number of hydrogen-bond acceptors (Lipinski definition) is 2. The largest absolute Gasteiger partial charge is 0.294 e. The Morgan fingerprint density at radius 3 is 2.53 bits per heavy atom. The first-order chi connectivity index (χ1) is 8.08. The zero-order valence-corrected chi connectivity index (χ0v) is 12.2. The summed E-state index contributed by atoms with van der Waals surface area (Å²) in [5, 5.41) is 0.910. The molecule has 2 rings (SSSR count). The summed E-state index contributed by atoms with van der Waals surface area (Å²) in [6, 6.07) is 7.32. The summed E-state index contributed by atoms with van der Waals surface area (Å²) in [4.78, 5) is 15.8. The predicted octanol–water partition coefficient (Wildman–Crippen LogP) is 3.20. The van der Waals surface area contributed by atoms with Crippen molar-refractivity contribution in [2.45, 2.75) is 6.54 Å². The molecule has 0 bridgehead atoms. The summed E-state index contributed by atoms with van der Waals surface area (Å²) in [5.74, 6) is 0. The van der Waals surface area contributed by atoms with Crippen LogP contribution in [0.3, 0.4) is 0 Å². The molecule has 0 unspecified atom stereocenters. The maximum Gasteiger partial charge on any atom is 0.268 e. The molecule has 0 saturated heterocycles. The fourth-order valence-corrected chi connectivity index (χ4v) is 2.04. The highest BCUT2D eigenvalue weighted by atomic mass is 127. The molecule has 0 N–H and O–H groups in total. The van der Waals surface area contributed by atoms with Gasteiger partial charge in [-0.15, -0.1) is 0 Å². The number of rotatable bonds is 2. The number of hydrogen-bond donors (Lipinski definition) is 0. The van der Waals surface area contributed by atoms with Crippen LogP contribution in [0.4, 0.5) is 0 Å². The first-order valence-corrected chi connectivity index (χ1v) is 6.56. The molecule has 0 radical (unpaired) electrons. The van der Waals surface area contributed by atoms with Crippen molar-refractivity contribution in [2.24, 2.45) is 0 Å². The molecule has 0 spiro atoms. The van der Waals surface area contributed by atoms with Gasteiger partial charge in [-0.2, -0.15) is 0 Å². The minimum Gasteiger partial charge on any atom is -0.294 e. The lowest BCUT2D eigenvalue weighted by Gasteiger charge is -2.06. The lowest BCUT2D eigenvalue weighted by molar-refractivity contribution is 0.730. The molecule has 17 heavy (non-hydrogen) atoms. The Morgan fingerprint density at radius 2 is 1.88 bits per heavy atom.